The smallest absolute Gasteiger partial charge is 0.265 e. The van der Waals surface area contributed by atoms with Crippen LogP contribution in [0.4, 0.5) is 11.4 Å². The van der Waals surface area contributed by atoms with E-state index in [2.05, 4.69) is 10.3 Å². The summed E-state index contributed by atoms with van der Waals surface area (Å²) in [6.45, 7) is 5.50. The molecule has 0 bridgehead atoms. The monoisotopic (exact) mass is 471 g/mol. The Balaban J connectivity index is 1.62. The molecule has 1 aromatic heterocycles. The molecule has 0 aliphatic carbocycles. The van der Waals surface area contributed by atoms with Crippen LogP contribution in [0.15, 0.2) is 30.3 Å². The van der Waals surface area contributed by atoms with Crippen molar-refractivity contribution >= 4 is 46.1 Å². The van der Waals surface area contributed by atoms with Gasteiger partial charge in [0.2, 0.25) is 5.91 Å². The second-order valence-corrected chi connectivity index (χ2v) is 9.25. The molecule has 0 unspecified atom stereocenters. The van der Waals surface area contributed by atoms with E-state index in [1.54, 1.807) is 23.5 Å². The zero-order valence-electron chi connectivity index (χ0n) is 18.1. The van der Waals surface area contributed by atoms with Crippen LogP contribution in [0, 0.1) is 20.8 Å². The largest absolute Gasteiger partial charge is 0.495 e. The number of carbonyl (C=O) groups excluding carboxylic acids is 2. The van der Waals surface area contributed by atoms with E-state index in [0.29, 0.717) is 27.9 Å². The van der Waals surface area contributed by atoms with Crippen molar-refractivity contribution in [3.8, 4) is 22.8 Å². The minimum absolute atomic E-state index is 0.127. The third-order valence-corrected chi connectivity index (χ3v) is 6.43. The fourth-order valence-corrected chi connectivity index (χ4v) is 4.58. The van der Waals surface area contributed by atoms with Gasteiger partial charge in [0, 0.05) is 21.5 Å². The molecule has 1 aliphatic rings. The Morgan fingerprint density at radius 1 is 1.28 bits per heavy atom. The van der Waals surface area contributed by atoms with Crippen LogP contribution in [0.1, 0.15) is 15.4 Å². The van der Waals surface area contributed by atoms with Crippen LogP contribution in [0.25, 0.3) is 11.3 Å². The number of methoxy groups -OCH3 is 1. The van der Waals surface area contributed by atoms with Crippen molar-refractivity contribution in [1.29, 1.82) is 0 Å². The number of ether oxygens (including phenoxy) is 2. The highest BCUT2D eigenvalue weighted by molar-refractivity contribution is 7.11. The maximum Gasteiger partial charge on any atom is 0.265 e. The van der Waals surface area contributed by atoms with Gasteiger partial charge in [-0.25, -0.2) is 4.98 Å². The predicted octanol–water partition coefficient (Wildman–Crippen LogP) is 4.76. The summed E-state index contributed by atoms with van der Waals surface area (Å²) < 4.78 is 10.9. The van der Waals surface area contributed by atoms with Gasteiger partial charge >= 0.3 is 0 Å². The molecule has 2 amide bonds. The second kappa shape index (κ2) is 8.80. The molecule has 1 N–H and O–H groups in total. The lowest BCUT2D eigenvalue weighted by atomic mass is 10.1. The standard InChI is InChI=1S/C23H22ClN3O4S/c1-12-7-17(20(30-4)9-16(12)24)26-21(28)10-27-18-8-15(23-13(2)32-14(3)25-23)5-6-19(18)31-11-22(27)29/h5-9H,10-11H2,1-4H3,(H,26,28). The molecule has 0 radical (unpaired) electrons. The van der Waals surface area contributed by atoms with E-state index in [-0.39, 0.29) is 25.0 Å². The molecule has 7 nitrogen and oxygen atoms in total. The van der Waals surface area contributed by atoms with Crippen molar-refractivity contribution in [2.45, 2.75) is 20.8 Å². The highest BCUT2D eigenvalue weighted by atomic mass is 35.5. The third-order valence-electron chi connectivity index (χ3n) is 5.14. The summed E-state index contributed by atoms with van der Waals surface area (Å²) in [7, 11) is 1.50. The van der Waals surface area contributed by atoms with Crippen LogP contribution in [0.3, 0.4) is 0 Å². The van der Waals surface area contributed by atoms with Gasteiger partial charge in [0.25, 0.3) is 5.91 Å². The van der Waals surface area contributed by atoms with E-state index in [9.17, 15) is 9.59 Å². The molecule has 0 saturated carbocycles. The number of anilines is 2. The minimum Gasteiger partial charge on any atom is -0.495 e. The molecule has 3 aromatic rings. The molecule has 1 aliphatic heterocycles. The number of nitrogens with one attached hydrogen (secondary N) is 1. The number of fused-ring (bicyclic) bond motifs is 1. The number of hydrogen-bond donors (Lipinski definition) is 1. The van der Waals surface area contributed by atoms with E-state index in [0.717, 1.165) is 26.7 Å². The Labute approximate surface area is 194 Å². The topological polar surface area (TPSA) is 80.8 Å². The van der Waals surface area contributed by atoms with Crippen molar-refractivity contribution in [3.05, 3.63) is 50.8 Å². The molecule has 2 heterocycles. The quantitative estimate of drug-likeness (QED) is 0.580. The first-order valence-corrected chi connectivity index (χ1v) is 11.1. The summed E-state index contributed by atoms with van der Waals surface area (Å²) in [4.78, 5) is 32.6. The molecular formula is C23H22ClN3O4S. The average Bonchev–Trinajstić information content (AvgIpc) is 3.10. The minimum atomic E-state index is -0.364. The Kier molecular flexibility index (Phi) is 6.08. The van der Waals surface area contributed by atoms with E-state index < -0.39 is 0 Å². The fourth-order valence-electron chi connectivity index (χ4n) is 3.58. The van der Waals surface area contributed by atoms with E-state index in [1.807, 2.05) is 39.0 Å². The summed E-state index contributed by atoms with van der Waals surface area (Å²) >= 11 is 7.76. The molecular weight excluding hydrogens is 450 g/mol. The van der Waals surface area contributed by atoms with Crippen LogP contribution in [-0.4, -0.2) is 37.1 Å². The lowest BCUT2D eigenvalue weighted by molar-refractivity contribution is -0.123. The van der Waals surface area contributed by atoms with Crippen LogP contribution < -0.4 is 19.7 Å². The van der Waals surface area contributed by atoms with E-state index >= 15 is 0 Å². The van der Waals surface area contributed by atoms with Gasteiger partial charge in [0.15, 0.2) is 6.61 Å². The van der Waals surface area contributed by atoms with Crippen LogP contribution in [-0.2, 0) is 9.59 Å². The van der Waals surface area contributed by atoms with Crippen LogP contribution in [0.2, 0.25) is 5.02 Å². The van der Waals surface area contributed by atoms with Gasteiger partial charge in [0.1, 0.15) is 18.0 Å². The maximum absolute atomic E-state index is 12.9. The van der Waals surface area contributed by atoms with Gasteiger partial charge in [-0.3, -0.25) is 14.5 Å². The first-order chi connectivity index (χ1) is 15.3. The number of aromatic nitrogens is 1. The lowest BCUT2D eigenvalue weighted by Gasteiger charge is -2.29. The number of carbonyl (C=O) groups is 2. The van der Waals surface area contributed by atoms with E-state index in [4.69, 9.17) is 21.1 Å². The molecule has 0 saturated heterocycles. The summed E-state index contributed by atoms with van der Waals surface area (Å²) in [5.74, 6) is 0.331. The number of thiazole rings is 1. The first-order valence-electron chi connectivity index (χ1n) is 9.92. The molecule has 0 atom stereocenters. The Morgan fingerprint density at radius 3 is 2.75 bits per heavy atom. The number of benzene rings is 2. The molecule has 4 rings (SSSR count). The zero-order valence-corrected chi connectivity index (χ0v) is 19.7. The van der Waals surface area contributed by atoms with Crippen molar-refractivity contribution in [3.63, 3.8) is 0 Å². The van der Waals surface area contributed by atoms with Crippen molar-refractivity contribution in [2.75, 3.05) is 30.5 Å². The Hall–Kier alpha value is -3.10. The van der Waals surface area contributed by atoms with Gasteiger partial charge in [-0.15, -0.1) is 11.3 Å². The number of amides is 2. The number of hydrogen-bond acceptors (Lipinski definition) is 6. The van der Waals surface area contributed by atoms with Gasteiger partial charge in [-0.1, -0.05) is 11.6 Å². The summed E-state index contributed by atoms with van der Waals surface area (Å²) in [5.41, 5.74) is 3.55. The Bertz CT molecular complexity index is 1220. The van der Waals surface area contributed by atoms with Gasteiger partial charge in [0.05, 0.1) is 29.2 Å². The highest BCUT2D eigenvalue weighted by Crippen LogP contribution is 2.38. The summed E-state index contributed by atoms with van der Waals surface area (Å²) in [6, 6.07) is 8.94. The maximum atomic E-state index is 12.9. The molecule has 2 aromatic carbocycles. The van der Waals surface area contributed by atoms with Crippen molar-refractivity contribution < 1.29 is 19.1 Å². The third kappa shape index (κ3) is 4.28. The van der Waals surface area contributed by atoms with Crippen molar-refractivity contribution in [1.82, 2.24) is 4.98 Å². The molecule has 9 heteroatoms. The SMILES string of the molecule is COc1cc(Cl)c(C)cc1NC(=O)CN1C(=O)COc2ccc(-c3nc(C)sc3C)cc21. The zero-order chi connectivity index (χ0) is 23.0. The highest BCUT2D eigenvalue weighted by Gasteiger charge is 2.28. The summed E-state index contributed by atoms with van der Waals surface area (Å²) in [6.07, 6.45) is 0. The van der Waals surface area contributed by atoms with Gasteiger partial charge < -0.3 is 14.8 Å². The predicted molar refractivity (Wildman–Crippen MR) is 126 cm³/mol. The van der Waals surface area contributed by atoms with Crippen molar-refractivity contribution in [2.24, 2.45) is 0 Å². The van der Waals surface area contributed by atoms with Gasteiger partial charge in [-0.05, 0) is 50.6 Å². The summed E-state index contributed by atoms with van der Waals surface area (Å²) in [5, 5.41) is 4.32. The van der Waals surface area contributed by atoms with E-state index in [1.165, 1.54) is 12.0 Å². The molecule has 32 heavy (non-hydrogen) atoms. The number of halogens is 1. The Morgan fingerprint density at radius 2 is 2.06 bits per heavy atom. The van der Waals surface area contributed by atoms with Gasteiger partial charge in [-0.2, -0.15) is 0 Å². The first kappa shape index (κ1) is 22.1. The van der Waals surface area contributed by atoms with Crippen LogP contribution >= 0.6 is 22.9 Å². The molecule has 166 valence electrons. The number of nitrogens with zero attached hydrogens (tertiary/aromatic N) is 2. The molecule has 0 fully saturated rings. The lowest BCUT2D eigenvalue weighted by Crippen LogP contribution is -2.43. The van der Waals surface area contributed by atoms with Crippen LogP contribution in [0.5, 0.6) is 11.5 Å². The normalized spacial score (nSPS) is 12.9. The molecule has 0 spiro atoms. The average molecular weight is 472 g/mol. The fraction of sp³-hybridized carbons (Fsp3) is 0.261. The number of aryl methyl sites for hydroxylation is 3. The second-order valence-electron chi connectivity index (χ2n) is 7.44. The number of rotatable bonds is 5.